The second-order valence-electron chi connectivity index (χ2n) is 5.01. The highest BCUT2D eigenvalue weighted by atomic mass is 35.5. The summed E-state index contributed by atoms with van der Waals surface area (Å²) in [6.45, 7) is 2.56. The molecule has 2 rings (SSSR count). The molecule has 104 valence electrons. The minimum absolute atomic E-state index is 0.0983. The number of amides is 2. The number of aryl methyl sites for hydroxylation is 1. The highest BCUT2D eigenvalue weighted by Gasteiger charge is 2.17. The second kappa shape index (κ2) is 7.39. The number of unbranched alkanes of at least 4 members (excludes halogenated alkanes) is 3. The van der Waals surface area contributed by atoms with E-state index < -0.39 is 0 Å². The van der Waals surface area contributed by atoms with Crippen LogP contribution in [0.3, 0.4) is 0 Å². The van der Waals surface area contributed by atoms with Crippen LogP contribution in [0.2, 0.25) is 5.02 Å². The Balaban J connectivity index is 1.52. The smallest absolute Gasteiger partial charge is 0.317 e. The molecule has 1 heterocycles. The molecule has 3 nitrogen and oxygen atoms in total. The van der Waals surface area contributed by atoms with Gasteiger partial charge in [0, 0.05) is 24.7 Å². The normalized spacial score (nSPS) is 14.8. The molecule has 0 spiro atoms. The van der Waals surface area contributed by atoms with E-state index in [1.807, 2.05) is 17.0 Å². The first-order valence-electron chi connectivity index (χ1n) is 7.03. The van der Waals surface area contributed by atoms with E-state index >= 15 is 0 Å². The monoisotopic (exact) mass is 280 g/mol. The van der Waals surface area contributed by atoms with E-state index in [1.165, 1.54) is 24.8 Å². The zero-order valence-electron chi connectivity index (χ0n) is 11.2. The van der Waals surface area contributed by atoms with Gasteiger partial charge in [0.2, 0.25) is 0 Å². The fraction of sp³-hybridized carbons (Fsp3) is 0.533. The molecule has 1 aromatic carbocycles. The Kier molecular flexibility index (Phi) is 5.52. The number of hydrogen-bond donors (Lipinski definition) is 1. The Bertz CT molecular complexity index is 405. The fourth-order valence-corrected chi connectivity index (χ4v) is 2.49. The largest absolute Gasteiger partial charge is 0.336 e. The summed E-state index contributed by atoms with van der Waals surface area (Å²) < 4.78 is 0. The van der Waals surface area contributed by atoms with Crippen molar-refractivity contribution in [2.75, 3.05) is 19.6 Å². The molecule has 0 bridgehead atoms. The Morgan fingerprint density at radius 2 is 1.84 bits per heavy atom. The van der Waals surface area contributed by atoms with Crippen LogP contribution in [-0.2, 0) is 6.42 Å². The van der Waals surface area contributed by atoms with E-state index in [0.29, 0.717) is 0 Å². The predicted molar refractivity (Wildman–Crippen MR) is 78.6 cm³/mol. The van der Waals surface area contributed by atoms with Crippen LogP contribution in [0, 0.1) is 0 Å². The first-order chi connectivity index (χ1) is 9.25. The number of urea groups is 1. The second-order valence-corrected chi connectivity index (χ2v) is 5.45. The molecule has 0 aliphatic carbocycles. The molecule has 4 heteroatoms. The summed E-state index contributed by atoms with van der Waals surface area (Å²) in [5.41, 5.74) is 1.35. The van der Waals surface area contributed by atoms with E-state index in [4.69, 9.17) is 11.6 Å². The molecule has 1 fully saturated rings. The van der Waals surface area contributed by atoms with Crippen molar-refractivity contribution in [1.29, 1.82) is 0 Å². The van der Waals surface area contributed by atoms with Crippen molar-refractivity contribution in [2.45, 2.75) is 32.1 Å². The Morgan fingerprint density at radius 1 is 1.11 bits per heavy atom. The molecule has 2 amide bonds. The van der Waals surface area contributed by atoms with E-state index in [9.17, 15) is 4.79 Å². The van der Waals surface area contributed by atoms with Crippen LogP contribution in [0.15, 0.2) is 24.3 Å². The quantitative estimate of drug-likeness (QED) is 0.762. The summed E-state index contributed by atoms with van der Waals surface area (Å²) in [7, 11) is 0. The highest BCUT2D eigenvalue weighted by molar-refractivity contribution is 6.30. The molecular weight excluding hydrogens is 260 g/mol. The van der Waals surface area contributed by atoms with Crippen LogP contribution in [0.1, 0.15) is 31.2 Å². The summed E-state index contributed by atoms with van der Waals surface area (Å²) in [5, 5.41) is 3.62. The number of benzene rings is 1. The van der Waals surface area contributed by atoms with Crippen molar-refractivity contribution in [3.8, 4) is 0 Å². The van der Waals surface area contributed by atoms with E-state index in [-0.39, 0.29) is 6.03 Å². The third-order valence-corrected chi connectivity index (χ3v) is 3.75. The number of nitrogens with zero attached hydrogens (tertiary/aromatic N) is 1. The lowest BCUT2D eigenvalue weighted by Crippen LogP contribution is -2.28. The van der Waals surface area contributed by atoms with Crippen LogP contribution in [-0.4, -0.2) is 30.6 Å². The van der Waals surface area contributed by atoms with E-state index in [1.54, 1.807) is 0 Å². The number of carbonyl (C=O) groups excluding carboxylic acids is 1. The van der Waals surface area contributed by atoms with Gasteiger partial charge < -0.3 is 10.2 Å². The molecule has 0 atom stereocenters. The van der Waals surface area contributed by atoms with E-state index in [0.717, 1.165) is 37.5 Å². The van der Waals surface area contributed by atoms with Gasteiger partial charge in [0.25, 0.3) is 0 Å². The molecule has 1 aliphatic heterocycles. The van der Waals surface area contributed by atoms with Crippen LogP contribution in [0.25, 0.3) is 0 Å². The summed E-state index contributed by atoms with van der Waals surface area (Å²) in [5.74, 6) is 0. The highest BCUT2D eigenvalue weighted by Crippen LogP contribution is 2.13. The summed E-state index contributed by atoms with van der Waals surface area (Å²) >= 11 is 5.85. The zero-order chi connectivity index (χ0) is 13.5. The number of carbonyl (C=O) groups is 1. The Labute approximate surface area is 119 Å². The maximum Gasteiger partial charge on any atom is 0.317 e. The summed E-state index contributed by atoms with van der Waals surface area (Å²) in [6, 6.07) is 8.18. The molecule has 0 aromatic heterocycles. The zero-order valence-corrected chi connectivity index (χ0v) is 12.0. The molecule has 19 heavy (non-hydrogen) atoms. The van der Waals surface area contributed by atoms with Gasteiger partial charge in [-0.15, -0.1) is 0 Å². The third-order valence-electron chi connectivity index (χ3n) is 3.50. The fourth-order valence-electron chi connectivity index (χ4n) is 2.36. The number of halogens is 1. The average molecular weight is 281 g/mol. The van der Waals surface area contributed by atoms with Gasteiger partial charge in [0.1, 0.15) is 0 Å². The molecule has 1 aliphatic rings. The molecule has 1 aromatic rings. The number of nitrogens with one attached hydrogen (secondary N) is 1. The minimum Gasteiger partial charge on any atom is -0.336 e. The lowest BCUT2D eigenvalue weighted by atomic mass is 10.1. The maximum atomic E-state index is 11.3. The van der Waals surface area contributed by atoms with Gasteiger partial charge in [-0.25, -0.2) is 4.79 Å². The van der Waals surface area contributed by atoms with Crippen molar-refractivity contribution >= 4 is 17.6 Å². The summed E-state index contributed by atoms with van der Waals surface area (Å²) in [4.78, 5) is 13.2. The lowest BCUT2D eigenvalue weighted by Gasteiger charge is -2.13. The summed E-state index contributed by atoms with van der Waals surface area (Å²) in [6.07, 6.45) is 5.83. The van der Waals surface area contributed by atoms with Gasteiger partial charge in [0.05, 0.1) is 0 Å². The number of rotatable bonds is 7. The number of hydrogen-bond acceptors (Lipinski definition) is 1. The first-order valence-corrected chi connectivity index (χ1v) is 7.41. The van der Waals surface area contributed by atoms with Gasteiger partial charge >= 0.3 is 6.03 Å². The topological polar surface area (TPSA) is 32.3 Å². The Hall–Kier alpha value is -1.22. The van der Waals surface area contributed by atoms with Crippen LogP contribution < -0.4 is 5.32 Å². The van der Waals surface area contributed by atoms with Gasteiger partial charge in [-0.05, 0) is 37.0 Å². The molecular formula is C15H21ClN2O. The van der Waals surface area contributed by atoms with Crippen molar-refractivity contribution in [3.63, 3.8) is 0 Å². The van der Waals surface area contributed by atoms with Crippen molar-refractivity contribution < 1.29 is 4.79 Å². The van der Waals surface area contributed by atoms with Crippen LogP contribution >= 0.6 is 11.6 Å². The standard InChI is InChI=1S/C15H21ClN2O/c16-14-8-6-13(7-9-14)5-3-1-2-4-11-18-12-10-17-15(18)19/h6-9H,1-5,10-12H2,(H,17,19). The molecule has 1 N–H and O–H groups in total. The lowest BCUT2D eigenvalue weighted by molar-refractivity contribution is 0.216. The molecule has 0 saturated carbocycles. The maximum absolute atomic E-state index is 11.3. The van der Waals surface area contributed by atoms with Crippen LogP contribution in [0.5, 0.6) is 0 Å². The van der Waals surface area contributed by atoms with Crippen molar-refractivity contribution in [2.24, 2.45) is 0 Å². The van der Waals surface area contributed by atoms with E-state index in [2.05, 4.69) is 17.4 Å². The van der Waals surface area contributed by atoms with Crippen molar-refractivity contribution in [3.05, 3.63) is 34.9 Å². The first kappa shape index (κ1) is 14.2. The molecule has 0 radical (unpaired) electrons. The van der Waals surface area contributed by atoms with Gasteiger partial charge in [-0.1, -0.05) is 36.6 Å². The van der Waals surface area contributed by atoms with Gasteiger partial charge in [-0.2, -0.15) is 0 Å². The van der Waals surface area contributed by atoms with Gasteiger partial charge in [-0.3, -0.25) is 0 Å². The average Bonchev–Trinajstić information content (AvgIpc) is 2.81. The predicted octanol–water partition coefficient (Wildman–Crippen LogP) is 3.47. The van der Waals surface area contributed by atoms with Crippen LogP contribution in [0.4, 0.5) is 4.79 Å². The minimum atomic E-state index is 0.0983. The third kappa shape index (κ3) is 4.75. The van der Waals surface area contributed by atoms with Crippen molar-refractivity contribution in [1.82, 2.24) is 10.2 Å². The molecule has 1 saturated heterocycles. The SMILES string of the molecule is O=C1NCCN1CCCCCCc1ccc(Cl)cc1. The molecule has 0 unspecified atom stereocenters. The van der Waals surface area contributed by atoms with Gasteiger partial charge in [0.15, 0.2) is 0 Å². The Morgan fingerprint density at radius 3 is 2.53 bits per heavy atom.